The Bertz CT molecular complexity index is 1500. The number of esters is 1. The molecule has 0 radical (unpaired) electrons. The van der Waals surface area contributed by atoms with Crippen molar-refractivity contribution in [2.75, 3.05) is 13.7 Å². The molecule has 9 nitrogen and oxygen atoms in total. The molecule has 0 amide bonds. The maximum atomic E-state index is 12.9. The van der Waals surface area contributed by atoms with Crippen LogP contribution in [0.15, 0.2) is 45.7 Å². The summed E-state index contributed by atoms with van der Waals surface area (Å²) >= 11 is 4.59. The monoisotopic (exact) mass is 529 g/mol. The number of nitrogens with zero attached hydrogens (tertiary/aromatic N) is 3. The van der Waals surface area contributed by atoms with Crippen LogP contribution in [0.4, 0.5) is 0 Å². The second kappa shape index (κ2) is 8.49. The summed E-state index contributed by atoms with van der Waals surface area (Å²) in [6.45, 7) is 1.56. The molecule has 1 atom stereocenters. The van der Waals surface area contributed by atoms with Gasteiger partial charge in [0.1, 0.15) is 6.61 Å². The van der Waals surface area contributed by atoms with Gasteiger partial charge in [0, 0.05) is 6.92 Å². The maximum absolute atomic E-state index is 12.9. The Hall–Kier alpha value is -3.44. The van der Waals surface area contributed by atoms with Crippen LogP contribution in [-0.4, -0.2) is 34.3 Å². The molecule has 11 heteroatoms. The molecule has 1 aliphatic heterocycles. The van der Waals surface area contributed by atoms with Gasteiger partial charge in [-0.1, -0.05) is 23.5 Å². The Morgan fingerprint density at radius 1 is 1.30 bits per heavy atom. The minimum absolute atomic E-state index is 0.254. The largest absolute Gasteiger partial charge is 0.493 e. The van der Waals surface area contributed by atoms with Crippen LogP contribution in [-0.2, 0) is 4.79 Å². The Kier molecular flexibility index (Phi) is 5.51. The van der Waals surface area contributed by atoms with Gasteiger partial charge in [-0.25, -0.2) is 0 Å². The fraction of sp³-hybridized carbons (Fsp3) is 0.182. The van der Waals surface area contributed by atoms with Crippen molar-refractivity contribution in [1.29, 1.82) is 0 Å². The zero-order valence-corrected chi connectivity index (χ0v) is 19.8. The highest BCUT2D eigenvalue weighted by Crippen LogP contribution is 2.37. The van der Waals surface area contributed by atoms with E-state index in [4.69, 9.17) is 18.9 Å². The van der Waals surface area contributed by atoms with Gasteiger partial charge >= 0.3 is 5.97 Å². The Morgan fingerprint density at radius 3 is 2.82 bits per heavy atom. The molecule has 2 aromatic carbocycles. The molecule has 3 heterocycles. The molecule has 0 bridgehead atoms. The van der Waals surface area contributed by atoms with Crippen molar-refractivity contribution in [3.8, 4) is 23.0 Å². The quantitative estimate of drug-likeness (QED) is 0.293. The van der Waals surface area contributed by atoms with Crippen LogP contribution in [0.3, 0.4) is 0 Å². The summed E-state index contributed by atoms with van der Waals surface area (Å²) in [6, 6.07) is 10.8. The molecular formula is C22H16BrN3O6S. The molecule has 4 aromatic rings. The molecule has 0 N–H and O–H groups in total. The number of methoxy groups -OCH3 is 1. The van der Waals surface area contributed by atoms with E-state index in [9.17, 15) is 9.59 Å². The smallest absolute Gasteiger partial charge is 0.308 e. The lowest BCUT2D eigenvalue weighted by molar-refractivity contribution is -0.132. The van der Waals surface area contributed by atoms with Crippen molar-refractivity contribution in [3.63, 3.8) is 0 Å². The van der Waals surface area contributed by atoms with E-state index in [1.165, 1.54) is 29.9 Å². The van der Waals surface area contributed by atoms with Gasteiger partial charge in [0.25, 0.3) is 5.56 Å². The maximum Gasteiger partial charge on any atom is 0.308 e. The third-order valence-electron chi connectivity index (χ3n) is 4.79. The van der Waals surface area contributed by atoms with Gasteiger partial charge < -0.3 is 18.9 Å². The summed E-state index contributed by atoms with van der Waals surface area (Å²) in [6.07, 6.45) is 1.19. The molecular weight excluding hydrogens is 514 g/mol. The Balaban J connectivity index is 1.48. The SMILES string of the molecule is COc1cc(/C=c2\sc3nc([C@@H]4COc5ccccc5O4)nn3c2=O)cc(Br)c1OC(C)=O. The van der Waals surface area contributed by atoms with Crippen LogP contribution in [0.25, 0.3) is 11.0 Å². The molecule has 1 aliphatic rings. The topological polar surface area (TPSA) is 101 Å². The van der Waals surface area contributed by atoms with E-state index in [1.54, 1.807) is 18.2 Å². The number of thiazole rings is 1. The van der Waals surface area contributed by atoms with Crippen LogP contribution in [0.2, 0.25) is 0 Å². The minimum atomic E-state index is -0.507. The fourth-order valence-corrected chi connectivity index (χ4v) is 4.80. The predicted molar refractivity (Wildman–Crippen MR) is 123 cm³/mol. The van der Waals surface area contributed by atoms with Crippen molar-refractivity contribution in [3.05, 3.63) is 67.1 Å². The zero-order chi connectivity index (χ0) is 23.1. The summed E-state index contributed by atoms with van der Waals surface area (Å²) < 4.78 is 24.4. The van der Waals surface area contributed by atoms with E-state index in [0.717, 1.165) is 0 Å². The van der Waals surface area contributed by atoms with Crippen molar-refractivity contribution in [2.24, 2.45) is 0 Å². The Morgan fingerprint density at radius 2 is 2.09 bits per heavy atom. The van der Waals surface area contributed by atoms with E-state index >= 15 is 0 Å². The summed E-state index contributed by atoms with van der Waals surface area (Å²) in [5, 5.41) is 4.36. The van der Waals surface area contributed by atoms with Gasteiger partial charge in [-0.3, -0.25) is 9.59 Å². The van der Waals surface area contributed by atoms with Crippen LogP contribution < -0.4 is 29.0 Å². The summed E-state index contributed by atoms with van der Waals surface area (Å²) in [7, 11) is 1.47. The average molecular weight is 530 g/mol. The normalized spacial score (nSPS) is 15.6. The lowest BCUT2D eigenvalue weighted by atomic mass is 10.2. The summed E-state index contributed by atoms with van der Waals surface area (Å²) in [5.41, 5.74) is 0.377. The summed E-state index contributed by atoms with van der Waals surface area (Å²) in [4.78, 5) is 29.2. The number of hydrogen-bond acceptors (Lipinski definition) is 9. The van der Waals surface area contributed by atoms with Crippen LogP contribution in [0.1, 0.15) is 24.4 Å². The molecule has 0 saturated heterocycles. The van der Waals surface area contributed by atoms with E-state index in [2.05, 4.69) is 26.0 Å². The van der Waals surface area contributed by atoms with Crippen molar-refractivity contribution in [1.82, 2.24) is 14.6 Å². The molecule has 0 fully saturated rings. The Labute approximate surface area is 199 Å². The second-order valence-corrected chi connectivity index (χ2v) is 8.94. The standard InChI is InChI=1S/C22H16BrN3O6S/c1-11(27)31-19-13(23)7-12(8-16(19)29-2)9-18-21(28)26-22(33-18)24-20(25-26)17-10-30-14-5-3-4-6-15(14)32-17/h3-9,17H,10H2,1-2H3/b18-9-/t17-/m0/s1. The van der Waals surface area contributed by atoms with E-state index < -0.39 is 12.1 Å². The van der Waals surface area contributed by atoms with Gasteiger partial charge in [0.2, 0.25) is 4.96 Å². The number of halogens is 1. The molecule has 0 unspecified atom stereocenters. The number of fused-ring (bicyclic) bond motifs is 2. The first-order valence-corrected chi connectivity index (χ1v) is 11.4. The highest BCUT2D eigenvalue weighted by atomic mass is 79.9. The first-order valence-electron chi connectivity index (χ1n) is 9.78. The number of carbonyl (C=O) groups is 1. The third-order valence-corrected chi connectivity index (χ3v) is 6.34. The van der Waals surface area contributed by atoms with Gasteiger partial charge in [0.05, 0.1) is 16.1 Å². The van der Waals surface area contributed by atoms with Crippen molar-refractivity contribution in [2.45, 2.75) is 13.0 Å². The van der Waals surface area contributed by atoms with Gasteiger partial charge in [0.15, 0.2) is 34.9 Å². The fourth-order valence-electron chi connectivity index (χ4n) is 3.35. The second-order valence-electron chi connectivity index (χ2n) is 7.07. The molecule has 168 valence electrons. The van der Waals surface area contributed by atoms with Crippen LogP contribution in [0.5, 0.6) is 23.0 Å². The molecule has 5 rings (SSSR count). The van der Waals surface area contributed by atoms with Crippen LogP contribution in [0, 0.1) is 0 Å². The molecule has 0 aliphatic carbocycles. The van der Waals surface area contributed by atoms with Gasteiger partial charge in [-0.15, -0.1) is 5.10 Å². The number of benzene rings is 2. The first kappa shape index (κ1) is 21.4. The highest BCUT2D eigenvalue weighted by Gasteiger charge is 2.27. The van der Waals surface area contributed by atoms with Crippen molar-refractivity contribution >= 4 is 44.3 Å². The zero-order valence-electron chi connectivity index (χ0n) is 17.4. The van der Waals surface area contributed by atoms with Crippen LogP contribution >= 0.6 is 27.3 Å². The number of hydrogen-bond donors (Lipinski definition) is 0. The van der Waals surface area contributed by atoms with Crippen molar-refractivity contribution < 1.29 is 23.7 Å². The number of ether oxygens (including phenoxy) is 4. The van der Waals surface area contributed by atoms with E-state index in [1.807, 2.05) is 24.3 Å². The third kappa shape index (κ3) is 4.05. The summed E-state index contributed by atoms with van der Waals surface area (Å²) in [5.74, 6) is 1.82. The lowest BCUT2D eigenvalue weighted by Gasteiger charge is -2.24. The first-order chi connectivity index (χ1) is 15.9. The predicted octanol–water partition coefficient (Wildman–Crippen LogP) is 2.91. The minimum Gasteiger partial charge on any atom is -0.493 e. The molecule has 33 heavy (non-hydrogen) atoms. The number of carbonyl (C=O) groups excluding carboxylic acids is 1. The molecule has 0 saturated carbocycles. The highest BCUT2D eigenvalue weighted by molar-refractivity contribution is 9.10. The number of rotatable bonds is 4. The average Bonchev–Trinajstić information content (AvgIpc) is 3.34. The van der Waals surface area contributed by atoms with E-state index in [-0.39, 0.29) is 17.9 Å². The molecule has 0 spiro atoms. The van der Waals surface area contributed by atoms with E-state index in [0.29, 0.717) is 42.6 Å². The molecule has 2 aromatic heterocycles. The number of para-hydroxylation sites is 2. The van der Waals surface area contributed by atoms with Gasteiger partial charge in [-0.2, -0.15) is 9.50 Å². The lowest BCUT2D eigenvalue weighted by Crippen LogP contribution is -2.26. The number of aromatic nitrogens is 3. The van der Waals surface area contributed by atoms with Gasteiger partial charge in [-0.05, 0) is 51.8 Å².